The Labute approximate surface area is 375 Å². The quantitative estimate of drug-likeness (QED) is 0.0347. The molecule has 1 unspecified atom stereocenters. The highest BCUT2D eigenvalue weighted by Crippen LogP contribution is 2.16. The minimum absolute atomic E-state index is 0.0862. The number of hydrogen-bond donors (Lipinski definition) is 0. The van der Waals surface area contributed by atoms with Gasteiger partial charge in [-0.15, -0.1) is 0 Å². The van der Waals surface area contributed by atoms with E-state index in [0.29, 0.717) is 19.4 Å². The Bertz CT molecular complexity index is 913. The Morgan fingerprint density at radius 1 is 0.350 bits per heavy atom. The van der Waals surface area contributed by atoms with Gasteiger partial charge in [0.25, 0.3) is 0 Å². The van der Waals surface area contributed by atoms with E-state index in [1.54, 1.807) is 0 Å². The molecule has 0 radical (unpaired) electrons. The van der Waals surface area contributed by atoms with Crippen molar-refractivity contribution in [1.29, 1.82) is 0 Å². The summed E-state index contributed by atoms with van der Waals surface area (Å²) >= 11 is 0. The summed E-state index contributed by atoms with van der Waals surface area (Å²) in [5.74, 6) is -0.393. The van der Waals surface area contributed by atoms with Crippen molar-refractivity contribution in [3.63, 3.8) is 0 Å². The summed E-state index contributed by atoms with van der Waals surface area (Å²) in [5.41, 5.74) is 0. The third-order valence-electron chi connectivity index (χ3n) is 12.0. The van der Waals surface area contributed by atoms with E-state index in [-0.39, 0.29) is 25.2 Å². The first-order chi connectivity index (χ1) is 29.6. The maximum absolute atomic E-state index is 12.8. The van der Waals surface area contributed by atoms with E-state index in [9.17, 15) is 9.59 Å². The number of carbonyl (C=O) groups is 2. The van der Waals surface area contributed by atoms with Crippen LogP contribution < -0.4 is 0 Å². The maximum Gasteiger partial charge on any atom is 0.306 e. The van der Waals surface area contributed by atoms with Crippen LogP contribution in [0, 0.1) is 0 Å². The highest BCUT2D eigenvalue weighted by Gasteiger charge is 2.17. The Morgan fingerprint density at radius 2 is 0.650 bits per heavy atom. The molecule has 0 aromatic heterocycles. The van der Waals surface area contributed by atoms with Crippen LogP contribution in [0.5, 0.6) is 0 Å². The van der Waals surface area contributed by atoms with Crippen molar-refractivity contribution in [2.75, 3.05) is 19.8 Å². The summed E-state index contributed by atoms with van der Waals surface area (Å²) in [7, 11) is 0. The molecule has 0 fully saturated rings. The van der Waals surface area contributed by atoms with E-state index in [1.165, 1.54) is 205 Å². The average Bonchev–Trinajstić information content (AvgIpc) is 3.25. The van der Waals surface area contributed by atoms with Gasteiger partial charge in [0, 0.05) is 19.4 Å². The molecule has 0 aromatic carbocycles. The number of esters is 2. The van der Waals surface area contributed by atoms with Gasteiger partial charge in [0.15, 0.2) is 6.10 Å². The molecule has 0 heterocycles. The molecule has 60 heavy (non-hydrogen) atoms. The van der Waals surface area contributed by atoms with Gasteiger partial charge in [-0.25, -0.2) is 0 Å². The molecule has 354 valence electrons. The van der Waals surface area contributed by atoms with Gasteiger partial charge >= 0.3 is 11.9 Å². The first-order valence-electron chi connectivity index (χ1n) is 26.9. The minimum Gasteiger partial charge on any atom is -0.462 e. The lowest BCUT2D eigenvalue weighted by Gasteiger charge is -2.18. The molecule has 0 N–H and O–H groups in total. The molecule has 0 saturated carbocycles. The molecule has 0 saturated heterocycles. The molecule has 0 rings (SSSR count). The molecule has 0 aliphatic heterocycles. The van der Waals surface area contributed by atoms with Crippen molar-refractivity contribution < 1.29 is 23.8 Å². The topological polar surface area (TPSA) is 61.8 Å². The van der Waals surface area contributed by atoms with Crippen LogP contribution in [0.4, 0.5) is 0 Å². The number of ether oxygens (including phenoxy) is 3. The second kappa shape index (κ2) is 51.7. The standard InChI is InChI=1S/C55H104O5/c1-4-7-10-13-16-19-22-25-27-28-29-31-33-36-39-42-45-48-54(56)59-52-53(51-58-50-47-44-41-38-35-32-26-23-20-17-14-11-8-5-2)60-55(57)49-46-43-40-37-34-30-24-21-18-15-12-9-6-3/h20-21,23-24,53H,4-19,22,25-52H2,1-3H3/b23-20-,24-21-. The fourth-order valence-electron chi connectivity index (χ4n) is 7.91. The lowest BCUT2D eigenvalue weighted by molar-refractivity contribution is -0.163. The molecular weight excluding hydrogens is 741 g/mol. The second-order valence-corrected chi connectivity index (χ2v) is 18.1. The van der Waals surface area contributed by atoms with Crippen LogP contribution >= 0.6 is 0 Å². The second-order valence-electron chi connectivity index (χ2n) is 18.1. The first-order valence-corrected chi connectivity index (χ1v) is 26.9. The molecular formula is C55H104O5. The normalized spacial score (nSPS) is 12.2. The van der Waals surface area contributed by atoms with Crippen molar-refractivity contribution in [3.8, 4) is 0 Å². The Balaban J connectivity index is 4.22. The van der Waals surface area contributed by atoms with E-state index in [0.717, 1.165) is 51.4 Å². The highest BCUT2D eigenvalue weighted by molar-refractivity contribution is 5.70. The zero-order valence-corrected chi connectivity index (χ0v) is 40.7. The first kappa shape index (κ1) is 58.4. The number of hydrogen-bond acceptors (Lipinski definition) is 5. The van der Waals surface area contributed by atoms with Crippen LogP contribution in [0.1, 0.15) is 290 Å². The predicted molar refractivity (Wildman–Crippen MR) is 261 cm³/mol. The van der Waals surface area contributed by atoms with Crippen LogP contribution in [0.2, 0.25) is 0 Å². The maximum atomic E-state index is 12.8. The van der Waals surface area contributed by atoms with Crippen LogP contribution in [0.3, 0.4) is 0 Å². The number of rotatable bonds is 50. The summed E-state index contributed by atoms with van der Waals surface area (Å²) in [6, 6.07) is 0. The van der Waals surface area contributed by atoms with Crippen LogP contribution in [-0.4, -0.2) is 37.9 Å². The van der Waals surface area contributed by atoms with Crippen molar-refractivity contribution in [2.45, 2.75) is 297 Å². The summed E-state index contributed by atoms with van der Waals surface area (Å²) in [4.78, 5) is 25.4. The highest BCUT2D eigenvalue weighted by atomic mass is 16.6. The minimum atomic E-state index is -0.537. The SMILES string of the molecule is CCCCCC/C=C\CCCCCCCCOCC(COC(=O)CCCCCCCCCCCCCCCCCCC)OC(=O)CCCCCCC/C=C\CCCCCC. The van der Waals surface area contributed by atoms with Crippen LogP contribution in [0.25, 0.3) is 0 Å². The van der Waals surface area contributed by atoms with E-state index >= 15 is 0 Å². The molecule has 0 amide bonds. The van der Waals surface area contributed by atoms with Crippen molar-refractivity contribution in [1.82, 2.24) is 0 Å². The Kier molecular flexibility index (Phi) is 50.3. The van der Waals surface area contributed by atoms with Gasteiger partial charge in [0.1, 0.15) is 6.61 Å². The Morgan fingerprint density at radius 3 is 1.03 bits per heavy atom. The fraction of sp³-hybridized carbons (Fsp3) is 0.891. The Hall–Kier alpha value is -1.62. The molecule has 0 aliphatic carbocycles. The average molecular weight is 845 g/mol. The molecule has 0 aliphatic rings. The van der Waals surface area contributed by atoms with Crippen molar-refractivity contribution >= 4 is 11.9 Å². The molecule has 5 heteroatoms. The van der Waals surface area contributed by atoms with Gasteiger partial charge < -0.3 is 14.2 Å². The third kappa shape index (κ3) is 49.0. The van der Waals surface area contributed by atoms with E-state index < -0.39 is 6.10 Å². The number of unbranched alkanes of at least 4 members (excludes halogenated alkanes) is 35. The van der Waals surface area contributed by atoms with Gasteiger partial charge in [0.05, 0.1) is 6.61 Å². The number of carbonyl (C=O) groups excluding carboxylic acids is 2. The van der Waals surface area contributed by atoms with Gasteiger partial charge in [-0.2, -0.15) is 0 Å². The van der Waals surface area contributed by atoms with E-state index in [2.05, 4.69) is 45.1 Å². The summed E-state index contributed by atoms with van der Waals surface area (Å²) in [6.45, 7) is 7.83. The zero-order valence-electron chi connectivity index (χ0n) is 40.7. The van der Waals surface area contributed by atoms with Crippen LogP contribution in [0.15, 0.2) is 24.3 Å². The lowest BCUT2D eigenvalue weighted by atomic mass is 10.0. The molecule has 5 nitrogen and oxygen atoms in total. The fourth-order valence-corrected chi connectivity index (χ4v) is 7.91. The van der Waals surface area contributed by atoms with Gasteiger partial charge in [-0.1, -0.05) is 231 Å². The molecule has 0 aromatic rings. The van der Waals surface area contributed by atoms with E-state index in [4.69, 9.17) is 14.2 Å². The molecule has 0 bridgehead atoms. The zero-order chi connectivity index (χ0) is 43.5. The van der Waals surface area contributed by atoms with Crippen molar-refractivity contribution in [2.24, 2.45) is 0 Å². The van der Waals surface area contributed by atoms with Crippen LogP contribution in [-0.2, 0) is 23.8 Å². The molecule has 1 atom stereocenters. The smallest absolute Gasteiger partial charge is 0.306 e. The summed E-state index contributed by atoms with van der Waals surface area (Å²) in [5, 5.41) is 0. The molecule has 0 spiro atoms. The van der Waals surface area contributed by atoms with Gasteiger partial charge in [-0.05, 0) is 70.6 Å². The van der Waals surface area contributed by atoms with E-state index in [1.807, 2.05) is 0 Å². The summed E-state index contributed by atoms with van der Waals surface area (Å²) in [6.07, 6.45) is 60.4. The number of allylic oxidation sites excluding steroid dienone is 4. The largest absolute Gasteiger partial charge is 0.462 e. The predicted octanol–water partition coefficient (Wildman–Crippen LogP) is 18.0. The van der Waals surface area contributed by atoms with Gasteiger partial charge in [-0.3, -0.25) is 9.59 Å². The van der Waals surface area contributed by atoms with Crippen molar-refractivity contribution in [3.05, 3.63) is 24.3 Å². The monoisotopic (exact) mass is 845 g/mol. The third-order valence-corrected chi connectivity index (χ3v) is 12.0. The lowest BCUT2D eigenvalue weighted by Crippen LogP contribution is -2.30. The van der Waals surface area contributed by atoms with Gasteiger partial charge in [0.2, 0.25) is 0 Å². The summed E-state index contributed by atoms with van der Waals surface area (Å²) < 4.78 is 17.4.